The maximum absolute atomic E-state index is 12.2. The second-order valence-electron chi connectivity index (χ2n) is 5.23. The molecule has 7 heteroatoms. The Morgan fingerprint density at radius 3 is 2.45 bits per heavy atom. The lowest BCUT2D eigenvalue weighted by Crippen LogP contribution is -2.35. The van der Waals surface area contributed by atoms with E-state index >= 15 is 0 Å². The van der Waals surface area contributed by atoms with Crippen LogP contribution in [0.15, 0.2) is 47.1 Å². The van der Waals surface area contributed by atoms with Crippen molar-refractivity contribution < 1.29 is 12.8 Å². The highest BCUT2D eigenvalue weighted by Gasteiger charge is 2.20. The molecule has 0 aliphatic rings. The van der Waals surface area contributed by atoms with Crippen LogP contribution in [0.25, 0.3) is 0 Å². The van der Waals surface area contributed by atoms with Gasteiger partial charge in [-0.2, -0.15) is 0 Å². The fourth-order valence-corrected chi connectivity index (χ4v) is 3.35. The normalized spacial score (nSPS) is 13.5. The number of hydrogen-bond acceptors (Lipinski definition) is 4. The molecule has 1 heterocycles. The molecule has 120 valence electrons. The molecule has 0 fully saturated rings. The molecule has 0 amide bonds. The van der Waals surface area contributed by atoms with E-state index in [1.807, 2.05) is 25.1 Å². The molecule has 0 spiro atoms. The molecule has 0 unspecified atom stereocenters. The molecule has 0 saturated heterocycles. The summed E-state index contributed by atoms with van der Waals surface area (Å²) >= 11 is 5.80. The molecule has 22 heavy (non-hydrogen) atoms. The number of halogens is 1. The Hall–Kier alpha value is -1.34. The van der Waals surface area contributed by atoms with E-state index in [2.05, 4.69) is 4.72 Å². The molecular weight excluding hydrogens is 324 g/mol. The number of nitrogens with zero attached hydrogens (tertiary/aromatic N) is 1. The second kappa shape index (κ2) is 7.28. The Kier molecular flexibility index (Phi) is 5.63. The summed E-state index contributed by atoms with van der Waals surface area (Å²) < 4.78 is 32.4. The van der Waals surface area contributed by atoms with Crippen molar-refractivity contribution in [1.29, 1.82) is 0 Å². The monoisotopic (exact) mass is 342 g/mol. The first-order chi connectivity index (χ1) is 10.4. The van der Waals surface area contributed by atoms with E-state index in [0.717, 1.165) is 5.76 Å². The molecule has 2 aromatic rings. The average Bonchev–Trinajstić information content (AvgIpc) is 2.95. The van der Waals surface area contributed by atoms with Crippen molar-refractivity contribution in [3.05, 3.63) is 59.0 Å². The van der Waals surface area contributed by atoms with Crippen LogP contribution in [0.1, 0.15) is 17.4 Å². The molecule has 5 nitrogen and oxygen atoms in total. The topological polar surface area (TPSA) is 62.6 Å². The number of hydrogen-bond donors (Lipinski definition) is 1. The van der Waals surface area contributed by atoms with Gasteiger partial charge in [0.05, 0.1) is 18.1 Å². The van der Waals surface area contributed by atoms with Crippen LogP contribution < -0.4 is 4.72 Å². The van der Waals surface area contributed by atoms with E-state index in [1.165, 1.54) is 0 Å². The Balaban J connectivity index is 2.00. The maximum atomic E-state index is 12.2. The summed E-state index contributed by atoms with van der Waals surface area (Å²) in [5, 5.41) is 0.583. The van der Waals surface area contributed by atoms with Crippen LogP contribution in [0.5, 0.6) is 0 Å². The Bertz CT molecular complexity index is 682. The molecule has 1 aromatic heterocycles. The predicted octanol–water partition coefficient (Wildman–Crippen LogP) is 2.66. The van der Waals surface area contributed by atoms with E-state index in [1.54, 1.807) is 36.6 Å². The van der Waals surface area contributed by atoms with Crippen LogP contribution in [-0.2, 0) is 15.8 Å². The summed E-state index contributed by atoms with van der Waals surface area (Å²) in [5.41, 5.74) is 0.691. The van der Waals surface area contributed by atoms with Crippen molar-refractivity contribution in [2.75, 3.05) is 20.6 Å². The van der Waals surface area contributed by atoms with Gasteiger partial charge in [0, 0.05) is 11.6 Å². The molecule has 1 aromatic carbocycles. The summed E-state index contributed by atoms with van der Waals surface area (Å²) in [6.07, 6.45) is 1.58. The SMILES string of the molecule is CN(C)[C@@H](CNS(=O)(=O)Cc1ccc(Cl)cc1)c1ccco1. The predicted molar refractivity (Wildman–Crippen MR) is 87.2 cm³/mol. The van der Waals surface area contributed by atoms with Gasteiger partial charge in [-0.05, 0) is 43.9 Å². The van der Waals surface area contributed by atoms with Crippen molar-refractivity contribution in [2.24, 2.45) is 0 Å². The minimum absolute atomic E-state index is 0.0809. The lowest BCUT2D eigenvalue weighted by molar-refractivity contribution is 0.259. The second-order valence-corrected chi connectivity index (χ2v) is 7.47. The van der Waals surface area contributed by atoms with Crippen molar-refractivity contribution in [1.82, 2.24) is 9.62 Å². The molecule has 0 radical (unpaired) electrons. The Morgan fingerprint density at radius 2 is 1.91 bits per heavy atom. The highest BCUT2D eigenvalue weighted by molar-refractivity contribution is 7.88. The molecule has 1 atom stereocenters. The van der Waals surface area contributed by atoms with Crippen LogP contribution in [0.2, 0.25) is 5.02 Å². The van der Waals surface area contributed by atoms with Crippen LogP contribution in [0.4, 0.5) is 0 Å². The Labute approximate surface area is 135 Å². The van der Waals surface area contributed by atoms with Gasteiger partial charge >= 0.3 is 0 Å². The number of furan rings is 1. The Morgan fingerprint density at radius 1 is 1.23 bits per heavy atom. The van der Waals surface area contributed by atoms with Gasteiger partial charge in [-0.1, -0.05) is 23.7 Å². The van der Waals surface area contributed by atoms with E-state index in [-0.39, 0.29) is 18.3 Å². The first-order valence-corrected chi connectivity index (χ1v) is 8.82. The van der Waals surface area contributed by atoms with E-state index in [0.29, 0.717) is 10.6 Å². The van der Waals surface area contributed by atoms with Crippen molar-refractivity contribution >= 4 is 21.6 Å². The zero-order chi connectivity index (χ0) is 16.2. The quantitative estimate of drug-likeness (QED) is 0.840. The van der Waals surface area contributed by atoms with Gasteiger partial charge in [-0.3, -0.25) is 4.90 Å². The van der Waals surface area contributed by atoms with Gasteiger partial charge in [0.1, 0.15) is 5.76 Å². The molecule has 1 N–H and O–H groups in total. The minimum Gasteiger partial charge on any atom is -0.468 e. The van der Waals surface area contributed by atoms with E-state index in [4.69, 9.17) is 16.0 Å². The minimum atomic E-state index is -3.43. The number of benzene rings is 1. The van der Waals surface area contributed by atoms with Gasteiger partial charge in [-0.15, -0.1) is 0 Å². The largest absolute Gasteiger partial charge is 0.468 e. The summed E-state index contributed by atoms with van der Waals surface area (Å²) in [5.74, 6) is 0.641. The van der Waals surface area contributed by atoms with Crippen molar-refractivity contribution in [3.63, 3.8) is 0 Å². The van der Waals surface area contributed by atoms with E-state index < -0.39 is 10.0 Å². The lowest BCUT2D eigenvalue weighted by Gasteiger charge is -2.22. The van der Waals surface area contributed by atoms with Crippen LogP contribution in [-0.4, -0.2) is 34.0 Å². The highest BCUT2D eigenvalue weighted by atomic mass is 35.5. The van der Waals surface area contributed by atoms with Crippen molar-refractivity contribution in [2.45, 2.75) is 11.8 Å². The lowest BCUT2D eigenvalue weighted by atomic mass is 10.2. The number of nitrogens with one attached hydrogen (secondary N) is 1. The molecule has 0 saturated carbocycles. The van der Waals surface area contributed by atoms with Crippen LogP contribution >= 0.6 is 11.6 Å². The third kappa shape index (κ3) is 4.84. The fourth-order valence-electron chi connectivity index (χ4n) is 2.08. The first-order valence-electron chi connectivity index (χ1n) is 6.79. The average molecular weight is 343 g/mol. The van der Waals surface area contributed by atoms with Gasteiger partial charge < -0.3 is 4.42 Å². The smallest absolute Gasteiger partial charge is 0.215 e. The molecule has 2 rings (SSSR count). The fraction of sp³-hybridized carbons (Fsp3) is 0.333. The zero-order valence-corrected chi connectivity index (χ0v) is 14.1. The number of likely N-dealkylation sites (N-methyl/N-ethyl adjacent to an activating group) is 1. The van der Waals surface area contributed by atoms with Crippen molar-refractivity contribution in [3.8, 4) is 0 Å². The third-order valence-corrected chi connectivity index (χ3v) is 4.83. The number of sulfonamides is 1. The molecular formula is C15H19ClN2O3S. The summed E-state index contributed by atoms with van der Waals surface area (Å²) in [6.45, 7) is 0.246. The van der Waals surface area contributed by atoms with Crippen LogP contribution in [0.3, 0.4) is 0 Å². The maximum Gasteiger partial charge on any atom is 0.215 e. The summed E-state index contributed by atoms with van der Waals surface area (Å²) in [7, 11) is 0.323. The standard InChI is InChI=1S/C15H19ClN2O3S/c1-18(2)14(15-4-3-9-21-15)10-17-22(19,20)11-12-5-7-13(16)8-6-12/h3-9,14,17H,10-11H2,1-2H3/t14-/m0/s1. The summed E-state index contributed by atoms with van der Waals surface area (Å²) in [4.78, 5) is 1.91. The summed E-state index contributed by atoms with van der Waals surface area (Å²) in [6, 6.07) is 10.2. The molecule has 0 bridgehead atoms. The van der Waals surface area contributed by atoms with Crippen LogP contribution in [0, 0.1) is 0 Å². The molecule has 0 aliphatic heterocycles. The van der Waals surface area contributed by atoms with Gasteiger partial charge in [0.2, 0.25) is 10.0 Å². The zero-order valence-electron chi connectivity index (χ0n) is 12.5. The van der Waals surface area contributed by atoms with Gasteiger partial charge in [0.25, 0.3) is 0 Å². The van der Waals surface area contributed by atoms with E-state index in [9.17, 15) is 8.42 Å². The molecule has 0 aliphatic carbocycles. The highest BCUT2D eigenvalue weighted by Crippen LogP contribution is 2.18. The number of rotatable bonds is 7. The first kappa shape index (κ1) is 17.0. The van der Waals surface area contributed by atoms with Gasteiger partial charge in [-0.25, -0.2) is 13.1 Å². The van der Waals surface area contributed by atoms with Gasteiger partial charge in [0.15, 0.2) is 0 Å². The third-order valence-electron chi connectivity index (χ3n) is 3.26.